The van der Waals surface area contributed by atoms with Crippen LogP contribution in [-0.4, -0.2) is 37.2 Å². The lowest BCUT2D eigenvalue weighted by atomic mass is 10.00. The van der Waals surface area contributed by atoms with Gasteiger partial charge in [0.2, 0.25) is 0 Å². The van der Waals surface area contributed by atoms with Crippen LogP contribution in [0.5, 0.6) is 0 Å². The minimum absolute atomic E-state index is 0.0648. The Kier molecular flexibility index (Phi) is 41.8. The Bertz CT molecular complexity index is 856. The van der Waals surface area contributed by atoms with Crippen molar-refractivity contribution in [1.82, 2.24) is 0 Å². The number of carbonyl (C=O) groups is 3. The van der Waals surface area contributed by atoms with Crippen LogP contribution >= 0.6 is 0 Å². The largest absolute Gasteiger partial charge is 0.462 e. The lowest BCUT2D eigenvalue weighted by molar-refractivity contribution is -0.167. The quantitative estimate of drug-likeness (QED) is 0.0347. The summed E-state index contributed by atoms with van der Waals surface area (Å²) in [6, 6.07) is 0. The summed E-state index contributed by atoms with van der Waals surface area (Å²) in [5.41, 5.74) is 0. The van der Waals surface area contributed by atoms with Gasteiger partial charge in [0.25, 0.3) is 0 Å². The molecule has 0 amide bonds. The Hall–Kier alpha value is -1.59. The maximum Gasteiger partial charge on any atom is 0.306 e. The Morgan fingerprint density at radius 1 is 0.375 bits per heavy atom. The molecule has 0 fully saturated rings. The predicted molar refractivity (Wildman–Crippen MR) is 238 cm³/mol. The molecule has 0 aliphatic heterocycles. The molecule has 0 aromatic rings. The lowest BCUT2D eigenvalue weighted by Gasteiger charge is -2.18. The van der Waals surface area contributed by atoms with Crippen molar-refractivity contribution in [3.8, 4) is 0 Å². The molecule has 0 saturated heterocycles. The molecule has 332 valence electrons. The number of rotatable bonds is 44. The van der Waals surface area contributed by atoms with Gasteiger partial charge in [-0.2, -0.15) is 0 Å². The molecule has 0 aliphatic carbocycles. The van der Waals surface area contributed by atoms with Gasteiger partial charge in [-0.05, 0) is 31.1 Å². The number of carbonyl (C=O) groups excluding carboxylic acids is 3. The molecule has 0 aliphatic rings. The summed E-state index contributed by atoms with van der Waals surface area (Å²) in [6.07, 6.45) is 42.3. The molecule has 0 rings (SSSR count). The van der Waals surface area contributed by atoms with Crippen LogP contribution in [0.3, 0.4) is 0 Å². The van der Waals surface area contributed by atoms with Crippen LogP contribution in [0.1, 0.15) is 272 Å². The van der Waals surface area contributed by atoms with Gasteiger partial charge in [-0.15, -0.1) is 0 Å². The second kappa shape index (κ2) is 43.0. The van der Waals surface area contributed by atoms with Gasteiger partial charge in [-0.1, -0.05) is 234 Å². The van der Waals surface area contributed by atoms with Gasteiger partial charge in [0.15, 0.2) is 6.10 Å². The highest BCUT2D eigenvalue weighted by molar-refractivity contribution is 5.71. The number of hydrogen-bond donors (Lipinski definition) is 0. The molecule has 0 saturated carbocycles. The monoisotopic (exact) mass is 793 g/mol. The highest BCUT2D eigenvalue weighted by Crippen LogP contribution is 2.17. The van der Waals surface area contributed by atoms with Gasteiger partial charge in [-0.3, -0.25) is 14.4 Å². The molecule has 0 N–H and O–H groups in total. The summed E-state index contributed by atoms with van der Waals surface area (Å²) in [5.74, 6) is 0.787. The van der Waals surface area contributed by atoms with Crippen LogP contribution in [0.4, 0.5) is 0 Å². The topological polar surface area (TPSA) is 78.9 Å². The van der Waals surface area contributed by atoms with E-state index in [0.29, 0.717) is 19.3 Å². The fourth-order valence-corrected chi connectivity index (χ4v) is 7.43. The standard InChI is InChI=1S/C50H96O6/c1-6-8-9-10-11-12-13-14-15-18-22-25-32-37-42-50(53)56-47(44-55-49(52)41-36-31-27-26-29-34-39-46(5)7-2)43-54-48(51)40-35-30-24-21-19-16-17-20-23-28-33-38-45(3)4/h45-47H,6-44H2,1-5H3/t46?,47-/m0/s1. The van der Waals surface area contributed by atoms with Crippen molar-refractivity contribution >= 4 is 17.9 Å². The Morgan fingerprint density at radius 3 is 1.02 bits per heavy atom. The first-order chi connectivity index (χ1) is 27.3. The van der Waals surface area contributed by atoms with Crippen molar-refractivity contribution in [1.29, 1.82) is 0 Å². The number of esters is 3. The zero-order valence-corrected chi connectivity index (χ0v) is 38.3. The van der Waals surface area contributed by atoms with E-state index in [2.05, 4.69) is 34.6 Å². The van der Waals surface area contributed by atoms with Crippen molar-refractivity contribution in [2.75, 3.05) is 13.2 Å². The van der Waals surface area contributed by atoms with Gasteiger partial charge < -0.3 is 14.2 Å². The molecule has 0 spiro atoms. The van der Waals surface area contributed by atoms with Crippen molar-refractivity contribution in [2.24, 2.45) is 11.8 Å². The minimum Gasteiger partial charge on any atom is -0.462 e. The summed E-state index contributed by atoms with van der Waals surface area (Å²) >= 11 is 0. The predicted octanol–water partition coefficient (Wildman–Crippen LogP) is 15.8. The molecule has 0 aromatic heterocycles. The van der Waals surface area contributed by atoms with E-state index in [0.717, 1.165) is 69.6 Å². The highest BCUT2D eigenvalue weighted by atomic mass is 16.6. The SMILES string of the molecule is CCCCCCCCCCCCCCCCC(=O)O[C@@H](COC(=O)CCCCCCCCCCCCCC(C)C)COC(=O)CCCCCCCCC(C)CC. The van der Waals surface area contributed by atoms with Gasteiger partial charge >= 0.3 is 17.9 Å². The summed E-state index contributed by atoms with van der Waals surface area (Å²) < 4.78 is 16.8. The molecule has 56 heavy (non-hydrogen) atoms. The third-order valence-electron chi connectivity index (χ3n) is 11.6. The fourth-order valence-electron chi connectivity index (χ4n) is 7.43. The Balaban J connectivity index is 4.32. The number of ether oxygens (including phenoxy) is 3. The molecular formula is C50H96O6. The molecule has 6 heteroatoms. The maximum atomic E-state index is 12.8. The molecule has 0 bridgehead atoms. The Morgan fingerprint density at radius 2 is 0.679 bits per heavy atom. The van der Waals surface area contributed by atoms with E-state index < -0.39 is 6.10 Å². The van der Waals surface area contributed by atoms with Crippen LogP contribution in [0.15, 0.2) is 0 Å². The maximum absolute atomic E-state index is 12.8. The first kappa shape index (κ1) is 54.4. The second-order valence-electron chi connectivity index (χ2n) is 17.8. The van der Waals surface area contributed by atoms with Crippen molar-refractivity contribution in [3.05, 3.63) is 0 Å². The molecule has 2 atom stereocenters. The lowest BCUT2D eigenvalue weighted by Crippen LogP contribution is -2.30. The normalized spacial score (nSPS) is 12.5. The highest BCUT2D eigenvalue weighted by Gasteiger charge is 2.19. The minimum atomic E-state index is -0.761. The number of unbranched alkanes of at least 4 members (excludes halogenated alkanes) is 28. The number of hydrogen-bond acceptors (Lipinski definition) is 6. The first-order valence-corrected chi connectivity index (χ1v) is 24.8. The smallest absolute Gasteiger partial charge is 0.306 e. The molecule has 0 heterocycles. The molecule has 1 unspecified atom stereocenters. The summed E-state index contributed by atoms with van der Waals surface area (Å²) in [5, 5.41) is 0. The average Bonchev–Trinajstić information content (AvgIpc) is 3.18. The van der Waals surface area contributed by atoms with E-state index >= 15 is 0 Å². The Labute approximate surface area is 348 Å². The average molecular weight is 793 g/mol. The van der Waals surface area contributed by atoms with Crippen LogP contribution in [-0.2, 0) is 28.6 Å². The van der Waals surface area contributed by atoms with Crippen molar-refractivity contribution in [3.63, 3.8) is 0 Å². The van der Waals surface area contributed by atoms with Gasteiger partial charge in [0, 0.05) is 19.3 Å². The fraction of sp³-hybridized carbons (Fsp3) is 0.940. The zero-order valence-electron chi connectivity index (χ0n) is 38.3. The van der Waals surface area contributed by atoms with Crippen LogP contribution in [0.25, 0.3) is 0 Å². The van der Waals surface area contributed by atoms with E-state index in [1.165, 1.54) is 161 Å². The first-order valence-electron chi connectivity index (χ1n) is 24.8. The van der Waals surface area contributed by atoms with E-state index in [1.807, 2.05) is 0 Å². The van der Waals surface area contributed by atoms with E-state index in [1.54, 1.807) is 0 Å². The van der Waals surface area contributed by atoms with Crippen molar-refractivity contribution in [2.45, 2.75) is 278 Å². The van der Waals surface area contributed by atoms with E-state index in [-0.39, 0.29) is 31.1 Å². The summed E-state index contributed by atoms with van der Waals surface area (Å²) in [7, 11) is 0. The van der Waals surface area contributed by atoms with Gasteiger partial charge in [0.1, 0.15) is 13.2 Å². The van der Waals surface area contributed by atoms with Crippen molar-refractivity contribution < 1.29 is 28.6 Å². The molecule has 6 nitrogen and oxygen atoms in total. The van der Waals surface area contributed by atoms with Crippen LogP contribution in [0.2, 0.25) is 0 Å². The third kappa shape index (κ3) is 42.0. The van der Waals surface area contributed by atoms with E-state index in [9.17, 15) is 14.4 Å². The molecule has 0 radical (unpaired) electrons. The summed E-state index contributed by atoms with van der Waals surface area (Å²) in [4.78, 5) is 37.8. The summed E-state index contributed by atoms with van der Waals surface area (Å²) in [6.45, 7) is 11.3. The molecular weight excluding hydrogens is 697 g/mol. The van der Waals surface area contributed by atoms with E-state index in [4.69, 9.17) is 14.2 Å². The van der Waals surface area contributed by atoms with Crippen LogP contribution in [0, 0.1) is 11.8 Å². The van der Waals surface area contributed by atoms with Crippen LogP contribution < -0.4 is 0 Å². The van der Waals surface area contributed by atoms with Gasteiger partial charge in [0.05, 0.1) is 0 Å². The third-order valence-corrected chi connectivity index (χ3v) is 11.6. The zero-order chi connectivity index (χ0) is 41.2. The second-order valence-corrected chi connectivity index (χ2v) is 17.8. The van der Waals surface area contributed by atoms with Gasteiger partial charge in [-0.25, -0.2) is 0 Å². The molecule has 0 aromatic carbocycles.